The van der Waals surface area contributed by atoms with Gasteiger partial charge < -0.3 is 9.64 Å². The van der Waals surface area contributed by atoms with Gasteiger partial charge in [-0.15, -0.1) is 0 Å². The quantitative estimate of drug-likeness (QED) is 0.929. The molecule has 114 valence electrons. The molecule has 1 amide bonds. The summed E-state index contributed by atoms with van der Waals surface area (Å²) < 4.78 is 19.5. The van der Waals surface area contributed by atoms with Gasteiger partial charge in [0.1, 0.15) is 12.0 Å². The Kier molecular flexibility index (Phi) is 4.22. The molecule has 0 aromatic heterocycles. The lowest BCUT2D eigenvalue weighted by Gasteiger charge is -2.35. The zero-order valence-electron chi connectivity index (χ0n) is 12.2. The molecule has 5 heteroatoms. The van der Waals surface area contributed by atoms with Gasteiger partial charge in [0.25, 0.3) is 0 Å². The van der Waals surface area contributed by atoms with E-state index in [4.69, 9.17) is 4.74 Å². The van der Waals surface area contributed by atoms with Crippen LogP contribution in [0.2, 0.25) is 0 Å². The van der Waals surface area contributed by atoms with Crippen molar-refractivity contribution in [2.45, 2.75) is 44.4 Å². The van der Waals surface area contributed by atoms with Crippen LogP contribution in [0.4, 0.5) is 4.39 Å². The minimum Gasteiger partial charge on any atom is -0.381 e. The van der Waals surface area contributed by atoms with E-state index in [-0.39, 0.29) is 30.0 Å². The van der Waals surface area contributed by atoms with Crippen molar-refractivity contribution in [3.05, 3.63) is 35.6 Å². The monoisotopic (exact) mass is 292 g/mol. The van der Waals surface area contributed by atoms with Crippen molar-refractivity contribution < 1.29 is 13.9 Å². The number of nitrogens with one attached hydrogen (secondary N) is 1. The second-order valence-corrected chi connectivity index (χ2v) is 5.64. The normalized spacial score (nSPS) is 27.3. The molecule has 21 heavy (non-hydrogen) atoms. The van der Waals surface area contributed by atoms with Gasteiger partial charge in [0.05, 0.1) is 6.04 Å². The minimum atomic E-state index is -0.369. The molecule has 0 spiro atoms. The van der Waals surface area contributed by atoms with Crippen molar-refractivity contribution in [2.24, 2.45) is 0 Å². The first-order valence-corrected chi connectivity index (χ1v) is 7.62. The van der Waals surface area contributed by atoms with E-state index < -0.39 is 0 Å². The number of benzene rings is 1. The first kappa shape index (κ1) is 14.5. The van der Waals surface area contributed by atoms with Crippen molar-refractivity contribution in [3.63, 3.8) is 0 Å². The van der Waals surface area contributed by atoms with Crippen molar-refractivity contribution in [1.82, 2.24) is 10.2 Å². The lowest BCUT2D eigenvalue weighted by atomic mass is 10.0. The summed E-state index contributed by atoms with van der Waals surface area (Å²) in [4.78, 5) is 14.5. The van der Waals surface area contributed by atoms with E-state index in [1.54, 1.807) is 12.1 Å². The molecule has 3 rings (SSSR count). The summed E-state index contributed by atoms with van der Waals surface area (Å²) in [6, 6.07) is 6.59. The Balaban J connectivity index is 1.92. The third kappa shape index (κ3) is 2.68. The van der Waals surface area contributed by atoms with Crippen LogP contribution in [0.15, 0.2) is 24.3 Å². The highest BCUT2D eigenvalue weighted by atomic mass is 19.1. The predicted octanol–water partition coefficient (Wildman–Crippen LogP) is 2.21. The van der Waals surface area contributed by atoms with E-state index >= 15 is 0 Å². The van der Waals surface area contributed by atoms with Crippen molar-refractivity contribution in [3.8, 4) is 0 Å². The maximum absolute atomic E-state index is 14.1. The maximum Gasteiger partial charge on any atom is 0.241 e. The van der Waals surface area contributed by atoms with Gasteiger partial charge in [0, 0.05) is 24.8 Å². The maximum atomic E-state index is 14.1. The van der Waals surface area contributed by atoms with E-state index in [0.29, 0.717) is 25.2 Å². The Bertz CT molecular complexity index is 517. The van der Waals surface area contributed by atoms with Crippen molar-refractivity contribution in [2.75, 3.05) is 13.2 Å². The molecule has 2 atom stereocenters. The highest BCUT2D eigenvalue weighted by molar-refractivity contribution is 5.84. The Labute approximate surface area is 124 Å². The Hall–Kier alpha value is -1.46. The van der Waals surface area contributed by atoms with Gasteiger partial charge in [-0.2, -0.15) is 0 Å². The number of carbonyl (C=O) groups excluding carboxylic acids is 1. The van der Waals surface area contributed by atoms with Crippen LogP contribution in [-0.2, 0) is 9.53 Å². The fraction of sp³-hybridized carbons (Fsp3) is 0.562. The summed E-state index contributed by atoms with van der Waals surface area (Å²) in [5, 5.41) is 3.29. The van der Waals surface area contributed by atoms with Gasteiger partial charge in [0.15, 0.2) is 0 Å². The van der Waals surface area contributed by atoms with E-state index in [0.717, 1.165) is 12.8 Å². The van der Waals surface area contributed by atoms with Crippen LogP contribution in [0.3, 0.4) is 0 Å². The third-order valence-electron chi connectivity index (χ3n) is 4.38. The largest absolute Gasteiger partial charge is 0.381 e. The Morgan fingerprint density at radius 3 is 2.71 bits per heavy atom. The molecule has 1 N–H and O–H groups in total. The standard InChI is InChI=1S/C16H21FN2O2/c1-2-14-16(20)19(11-7-9-21-10-8-11)15(18-14)12-5-3-4-6-13(12)17/h3-6,11,14-15,18H,2,7-10H2,1H3. The predicted molar refractivity (Wildman–Crippen MR) is 77.0 cm³/mol. The van der Waals surface area contributed by atoms with Crippen LogP contribution in [0.25, 0.3) is 0 Å². The van der Waals surface area contributed by atoms with Crippen LogP contribution in [0, 0.1) is 5.82 Å². The van der Waals surface area contributed by atoms with Crippen LogP contribution >= 0.6 is 0 Å². The molecule has 0 radical (unpaired) electrons. The van der Waals surface area contributed by atoms with Crippen LogP contribution < -0.4 is 5.32 Å². The third-order valence-corrected chi connectivity index (χ3v) is 4.38. The number of halogens is 1. The molecule has 4 nitrogen and oxygen atoms in total. The highest BCUT2D eigenvalue weighted by Gasteiger charge is 2.43. The molecule has 0 bridgehead atoms. The number of hydrogen-bond donors (Lipinski definition) is 1. The fourth-order valence-corrected chi connectivity index (χ4v) is 3.23. The number of rotatable bonds is 3. The van der Waals surface area contributed by atoms with Gasteiger partial charge in [-0.3, -0.25) is 10.1 Å². The van der Waals surface area contributed by atoms with E-state index in [1.807, 2.05) is 17.9 Å². The average Bonchev–Trinajstić information content (AvgIpc) is 2.85. The topological polar surface area (TPSA) is 41.6 Å². The summed E-state index contributed by atoms with van der Waals surface area (Å²) in [6.07, 6.45) is 1.97. The molecule has 1 aromatic rings. The highest BCUT2D eigenvalue weighted by Crippen LogP contribution is 2.32. The van der Waals surface area contributed by atoms with Crippen molar-refractivity contribution in [1.29, 1.82) is 0 Å². The number of nitrogens with zero attached hydrogens (tertiary/aromatic N) is 1. The fourth-order valence-electron chi connectivity index (χ4n) is 3.23. The summed E-state index contributed by atoms with van der Waals surface area (Å²) in [7, 11) is 0. The SMILES string of the molecule is CCC1NC(c2ccccc2F)N(C2CCOCC2)C1=O. The number of carbonyl (C=O) groups is 1. The molecule has 0 aliphatic carbocycles. The summed E-state index contributed by atoms with van der Waals surface area (Å²) in [5.74, 6) is -0.186. The molecule has 2 aliphatic heterocycles. The lowest BCUT2D eigenvalue weighted by Crippen LogP contribution is -2.43. The Morgan fingerprint density at radius 2 is 2.05 bits per heavy atom. The van der Waals surface area contributed by atoms with Gasteiger partial charge in [-0.25, -0.2) is 4.39 Å². The second-order valence-electron chi connectivity index (χ2n) is 5.64. The van der Waals surface area contributed by atoms with Crippen LogP contribution in [0.1, 0.15) is 37.9 Å². The molecule has 2 aliphatic rings. The van der Waals surface area contributed by atoms with E-state index in [2.05, 4.69) is 5.32 Å². The molecule has 0 saturated carbocycles. The van der Waals surface area contributed by atoms with Gasteiger partial charge in [-0.1, -0.05) is 25.1 Å². The first-order valence-electron chi connectivity index (χ1n) is 7.62. The molecule has 2 unspecified atom stereocenters. The van der Waals surface area contributed by atoms with Gasteiger partial charge >= 0.3 is 0 Å². The second kappa shape index (κ2) is 6.12. The molecule has 2 fully saturated rings. The van der Waals surface area contributed by atoms with Crippen molar-refractivity contribution >= 4 is 5.91 Å². The van der Waals surface area contributed by atoms with Gasteiger partial charge in [0.2, 0.25) is 5.91 Å². The molecular weight excluding hydrogens is 271 g/mol. The van der Waals surface area contributed by atoms with E-state index in [9.17, 15) is 9.18 Å². The number of ether oxygens (including phenoxy) is 1. The Morgan fingerprint density at radius 1 is 1.33 bits per heavy atom. The number of hydrogen-bond acceptors (Lipinski definition) is 3. The smallest absolute Gasteiger partial charge is 0.241 e. The first-order chi connectivity index (χ1) is 10.2. The minimum absolute atomic E-state index is 0.0812. The van der Waals surface area contributed by atoms with E-state index in [1.165, 1.54) is 6.07 Å². The summed E-state index contributed by atoms with van der Waals surface area (Å²) in [5.41, 5.74) is 0.549. The molecule has 1 aromatic carbocycles. The zero-order valence-corrected chi connectivity index (χ0v) is 12.2. The zero-order chi connectivity index (χ0) is 14.8. The lowest BCUT2D eigenvalue weighted by molar-refractivity contribution is -0.134. The molecule has 2 saturated heterocycles. The molecule has 2 heterocycles. The summed E-state index contributed by atoms with van der Waals surface area (Å²) >= 11 is 0. The average molecular weight is 292 g/mol. The molecular formula is C16H21FN2O2. The van der Waals surface area contributed by atoms with Crippen LogP contribution in [-0.4, -0.2) is 36.1 Å². The number of amides is 1. The van der Waals surface area contributed by atoms with Crippen LogP contribution in [0.5, 0.6) is 0 Å². The summed E-state index contributed by atoms with van der Waals surface area (Å²) in [6.45, 7) is 3.30. The van der Waals surface area contributed by atoms with Gasteiger partial charge in [-0.05, 0) is 25.3 Å².